The van der Waals surface area contributed by atoms with Gasteiger partial charge in [0.2, 0.25) is 0 Å². The number of anilines is 1. The number of hydrogen-bond acceptors (Lipinski definition) is 4. The van der Waals surface area contributed by atoms with Crippen LogP contribution in [0.1, 0.15) is 0 Å². The molecular weight excluding hydrogens is 323 g/mol. The minimum absolute atomic E-state index is 0.0396. The van der Waals surface area contributed by atoms with Gasteiger partial charge in [0.15, 0.2) is 9.84 Å². The second-order valence-corrected chi connectivity index (χ2v) is 6.50. The van der Waals surface area contributed by atoms with Crippen LogP contribution in [0, 0.1) is 0 Å². The quantitative estimate of drug-likeness (QED) is 0.846. The number of nitrogens with zero attached hydrogens (tertiary/aromatic N) is 1. The van der Waals surface area contributed by atoms with Gasteiger partial charge in [-0.15, -0.1) is 0 Å². The zero-order valence-electron chi connectivity index (χ0n) is 11.4. The van der Waals surface area contributed by atoms with Gasteiger partial charge in [-0.2, -0.15) is 13.2 Å². The first-order valence-electron chi connectivity index (χ1n) is 6.10. The van der Waals surface area contributed by atoms with Gasteiger partial charge in [0.25, 0.3) is 0 Å². The van der Waals surface area contributed by atoms with Crippen molar-refractivity contribution in [3.63, 3.8) is 0 Å². The molecule has 9 heteroatoms. The summed E-state index contributed by atoms with van der Waals surface area (Å²) in [6.45, 7) is 0. The molecule has 1 aromatic carbocycles. The fraction of sp³-hybridized carbons (Fsp3) is 0.308. The maximum Gasteiger partial charge on any atom is 0.471 e. The number of para-hydroxylation sites is 2. The van der Waals surface area contributed by atoms with Gasteiger partial charge in [-0.1, -0.05) is 12.1 Å². The Kier molecular flexibility index (Phi) is 4.19. The Morgan fingerprint density at radius 3 is 2.45 bits per heavy atom. The van der Waals surface area contributed by atoms with Crippen molar-refractivity contribution in [3.8, 4) is 5.75 Å². The van der Waals surface area contributed by atoms with Crippen LogP contribution in [0.25, 0.3) is 0 Å². The Labute approximate surface area is 124 Å². The number of carbonyl (C=O) groups excluding carboxylic acids is 1. The van der Waals surface area contributed by atoms with E-state index in [-0.39, 0.29) is 11.4 Å². The molecule has 0 radical (unpaired) electrons. The summed E-state index contributed by atoms with van der Waals surface area (Å²) in [5, 5.41) is 0.809. The highest BCUT2D eigenvalue weighted by atomic mass is 32.2. The average Bonchev–Trinajstić information content (AvgIpc) is 2.78. The van der Waals surface area contributed by atoms with E-state index in [2.05, 4.69) is 0 Å². The summed E-state index contributed by atoms with van der Waals surface area (Å²) >= 11 is 0. The molecular formula is C13H12F3NO4S. The molecule has 5 nitrogen and oxygen atoms in total. The molecule has 1 aliphatic heterocycles. The van der Waals surface area contributed by atoms with E-state index in [9.17, 15) is 26.4 Å². The fourth-order valence-electron chi connectivity index (χ4n) is 2.12. The molecule has 1 atom stereocenters. The van der Waals surface area contributed by atoms with E-state index in [1.165, 1.54) is 31.4 Å². The fourth-order valence-corrected chi connectivity index (χ4v) is 3.39. The summed E-state index contributed by atoms with van der Waals surface area (Å²) in [7, 11) is -2.38. The predicted octanol–water partition coefficient (Wildman–Crippen LogP) is 1.90. The van der Waals surface area contributed by atoms with Gasteiger partial charge in [-0.25, -0.2) is 8.42 Å². The largest absolute Gasteiger partial charge is 0.495 e. The first kappa shape index (κ1) is 16.3. The van der Waals surface area contributed by atoms with E-state index < -0.39 is 33.7 Å². The predicted molar refractivity (Wildman–Crippen MR) is 73.2 cm³/mol. The van der Waals surface area contributed by atoms with Gasteiger partial charge < -0.3 is 4.74 Å². The van der Waals surface area contributed by atoms with Crippen LogP contribution in [0.5, 0.6) is 5.75 Å². The molecule has 1 heterocycles. The van der Waals surface area contributed by atoms with Gasteiger partial charge >= 0.3 is 12.1 Å². The lowest BCUT2D eigenvalue weighted by Crippen LogP contribution is -2.48. The number of methoxy groups -OCH3 is 1. The molecule has 0 fully saturated rings. The molecule has 0 saturated heterocycles. The van der Waals surface area contributed by atoms with Crippen LogP contribution in [-0.4, -0.2) is 39.4 Å². The molecule has 0 bridgehead atoms. The van der Waals surface area contributed by atoms with Gasteiger partial charge in [0, 0.05) is 5.41 Å². The van der Waals surface area contributed by atoms with Crippen molar-refractivity contribution in [2.45, 2.75) is 12.2 Å². The lowest BCUT2D eigenvalue weighted by Gasteiger charge is -2.29. The van der Waals surface area contributed by atoms with Crippen molar-refractivity contribution in [1.82, 2.24) is 0 Å². The second-order valence-electron chi connectivity index (χ2n) is 4.57. The summed E-state index contributed by atoms with van der Waals surface area (Å²) in [4.78, 5) is 12.2. The molecule has 0 aliphatic carbocycles. The van der Waals surface area contributed by atoms with Gasteiger partial charge in [0.1, 0.15) is 5.75 Å². The standard InChI is InChI=1S/C13H12F3NO4S/c1-21-11-5-3-2-4-10(11)17(12(18)13(14,15)16)9-6-7-22(19,20)8-9/h2-7,9H,8H2,1H3/t9-/m0/s1. The first-order valence-corrected chi connectivity index (χ1v) is 7.81. The number of halogens is 3. The summed E-state index contributed by atoms with van der Waals surface area (Å²) in [5.74, 6) is -2.71. The van der Waals surface area contributed by atoms with E-state index in [4.69, 9.17) is 4.74 Å². The third kappa shape index (κ3) is 3.24. The van der Waals surface area contributed by atoms with Crippen molar-refractivity contribution in [2.24, 2.45) is 0 Å². The number of benzene rings is 1. The minimum Gasteiger partial charge on any atom is -0.495 e. The summed E-state index contributed by atoms with van der Waals surface area (Å²) in [6.07, 6.45) is -4.08. The van der Waals surface area contributed by atoms with E-state index >= 15 is 0 Å². The Bertz CT molecular complexity index is 712. The number of carbonyl (C=O) groups is 1. The Hall–Kier alpha value is -2.03. The smallest absolute Gasteiger partial charge is 0.471 e. The van der Waals surface area contributed by atoms with Crippen molar-refractivity contribution < 1.29 is 31.1 Å². The Balaban J connectivity index is 2.52. The Morgan fingerprint density at radius 1 is 1.32 bits per heavy atom. The molecule has 0 saturated carbocycles. The zero-order chi connectivity index (χ0) is 16.5. The average molecular weight is 335 g/mol. The topological polar surface area (TPSA) is 63.7 Å². The van der Waals surface area contributed by atoms with Crippen LogP contribution in [0.15, 0.2) is 35.7 Å². The number of rotatable bonds is 3. The lowest BCUT2D eigenvalue weighted by atomic mass is 10.2. The molecule has 120 valence electrons. The molecule has 0 aromatic heterocycles. The van der Waals surface area contributed by atoms with Crippen LogP contribution in [0.3, 0.4) is 0 Å². The highest BCUT2D eigenvalue weighted by Crippen LogP contribution is 2.34. The van der Waals surface area contributed by atoms with Crippen LogP contribution >= 0.6 is 0 Å². The van der Waals surface area contributed by atoms with E-state index in [0.29, 0.717) is 4.90 Å². The molecule has 2 rings (SSSR count). The monoisotopic (exact) mass is 335 g/mol. The number of sulfone groups is 1. The van der Waals surface area contributed by atoms with Crippen LogP contribution in [0.2, 0.25) is 0 Å². The maximum absolute atomic E-state index is 12.9. The van der Waals surface area contributed by atoms with E-state index in [0.717, 1.165) is 11.5 Å². The number of ether oxygens (including phenoxy) is 1. The molecule has 0 spiro atoms. The third-order valence-electron chi connectivity index (χ3n) is 3.05. The zero-order valence-corrected chi connectivity index (χ0v) is 12.2. The minimum atomic E-state index is -5.14. The lowest BCUT2D eigenvalue weighted by molar-refractivity contribution is -0.170. The summed E-state index contributed by atoms with van der Waals surface area (Å²) in [6, 6.07) is 4.37. The van der Waals surface area contributed by atoms with Crippen LogP contribution in [0.4, 0.5) is 18.9 Å². The van der Waals surface area contributed by atoms with Crippen molar-refractivity contribution >= 4 is 21.4 Å². The highest BCUT2D eigenvalue weighted by Gasteiger charge is 2.47. The second kappa shape index (κ2) is 5.64. The van der Waals surface area contributed by atoms with Gasteiger partial charge in [0.05, 0.1) is 24.6 Å². The third-order valence-corrected chi connectivity index (χ3v) is 4.43. The molecule has 1 amide bonds. The maximum atomic E-state index is 12.9. The summed E-state index contributed by atoms with van der Waals surface area (Å²) < 4.78 is 66.5. The molecule has 0 unspecified atom stereocenters. The van der Waals surface area contributed by atoms with Gasteiger partial charge in [-0.3, -0.25) is 9.69 Å². The molecule has 0 N–H and O–H groups in total. The molecule has 22 heavy (non-hydrogen) atoms. The summed E-state index contributed by atoms with van der Waals surface area (Å²) in [5.41, 5.74) is -0.140. The SMILES string of the molecule is COc1ccccc1N(C(=O)C(F)(F)F)[C@H]1C=CS(=O)(=O)C1. The number of amides is 1. The van der Waals surface area contributed by atoms with E-state index in [1.807, 2.05) is 0 Å². The van der Waals surface area contributed by atoms with Crippen LogP contribution in [-0.2, 0) is 14.6 Å². The van der Waals surface area contributed by atoms with Gasteiger partial charge in [-0.05, 0) is 18.2 Å². The van der Waals surface area contributed by atoms with Crippen molar-refractivity contribution in [1.29, 1.82) is 0 Å². The van der Waals surface area contributed by atoms with E-state index in [1.54, 1.807) is 0 Å². The highest BCUT2D eigenvalue weighted by molar-refractivity contribution is 7.94. The first-order chi connectivity index (χ1) is 10.2. The number of alkyl halides is 3. The molecule has 1 aliphatic rings. The number of hydrogen-bond donors (Lipinski definition) is 0. The van der Waals surface area contributed by atoms with Crippen molar-refractivity contribution in [3.05, 3.63) is 35.7 Å². The Morgan fingerprint density at radius 2 is 1.95 bits per heavy atom. The molecule has 1 aromatic rings. The van der Waals surface area contributed by atoms with Crippen molar-refractivity contribution in [2.75, 3.05) is 17.8 Å². The van der Waals surface area contributed by atoms with Crippen LogP contribution < -0.4 is 9.64 Å². The normalized spacial score (nSPS) is 19.9.